The van der Waals surface area contributed by atoms with E-state index in [-0.39, 0.29) is 19.2 Å². The van der Waals surface area contributed by atoms with Crippen molar-refractivity contribution >= 4 is 21.6 Å². The van der Waals surface area contributed by atoms with E-state index in [1.54, 1.807) is 42.5 Å². The number of benzene rings is 2. The van der Waals surface area contributed by atoms with Crippen LogP contribution in [0.25, 0.3) is 0 Å². The van der Waals surface area contributed by atoms with Crippen molar-refractivity contribution in [2.45, 2.75) is 46.1 Å². The van der Waals surface area contributed by atoms with Crippen molar-refractivity contribution in [3.05, 3.63) is 53.6 Å². The standard InChI is InChI=1S/C24H32N2O5S/c1-4-6-7-18(5-2)15-25-24(27)20-10-8-19(9-11-20)16-26(32(3,28)29)21-12-13-22-23(14-21)31-17-30-22/h8-14,18H,4-7,15-17H2,1-3H3,(H,25,27)/t18-/m0/s1. The van der Waals surface area contributed by atoms with Gasteiger partial charge in [0, 0.05) is 18.2 Å². The first kappa shape index (κ1) is 23.9. The largest absolute Gasteiger partial charge is 0.454 e. The number of rotatable bonds is 11. The number of unbranched alkanes of at least 4 members (excludes halogenated alkanes) is 1. The first-order valence-corrected chi connectivity index (χ1v) is 12.9. The zero-order valence-electron chi connectivity index (χ0n) is 19.0. The van der Waals surface area contributed by atoms with Gasteiger partial charge in [0.1, 0.15) is 0 Å². The number of hydrogen-bond acceptors (Lipinski definition) is 5. The predicted molar refractivity (Wildman–Crippen MR) is 126 cm³/mol. The number of hydrogen-bond donors (Lipinski definition) is 1. The molecule has 1 amide bonds. The minimum atomic E-state index is -3.53. The minimum Gasteiger partial charge on any atom is -0.454 e. The highest BCUT2D eigenvalue weighted by molar-refractivity contribution is 7.92. The SMILES string of the molecule is CCCC[C@H](CC)CNC(=O)c1ccc(CN(c2ccc3c(c2)OCO3)S(C)(=O)=O)cc1. The summed E-state index contributed by atoms with van der Waals surface area (Å²) in [5.41, 5.74) is 1.84. The van der Waals surface area contributed by atoms with Gasteiger partial charge in [-0.1, -0.05) is 45.2 Å². The molecule has 0 aliphatic carbocycles. The minimum absolute atomic E-state index is 0.109. The Labute approximate surface area is 190 Å². The van der Waals surface area contributed by atoms with Gasteiger partial charge >= 0.3 is 0 Å². The van der Waals surface area contributed by atoms with Crippen LogP contribution in [0.3, 0.4) is 0 Å². The van der Waals surface area contributed by atoms with Gasteiger partial charge in [-0.05, 0) is 42.2 Å². The van der Waals surface area contributed by atoms with Gasteiger partial charge in [0.05, 0.1) is 18.5 Å². The molecule has 174 valence electrons. The monoisotopic (exact) mass is 460 g/mol. The molecule has 0 bridgehead atoms. The Morgan fingerprint density at radius 2 is 1.81 bits per heavy atom. The highest BCUT2D eigenvalue weighted by Gasteiger charge is 2.22. The highest BCUT2D eigenvalue weighted by atomic mass is 32.2. The summed E-state index contributed by atoms with van der Waals surface area (Å²) in [4.78, 5) is 12.5. The molecule has 0 unspecified atom stereocenters. The molecule has 1 N–H and O–H groups in total. The fraction of sp³-hybridized carbons (Fsp3) is 0.458. The van der Waals surface area contributed by atoms with Crippen molar-refractivity contribution in [1.82, 2.24) is 5.32 Å². The van der Waals surface area contributed by atoms with Crippen LogP contribution in [0.1, 0.15) is 55.5 Å². The highest BCUT2D eigenvalue weighted by Crippen LogP contribution is 2.36. The Balaban J connectivity index is 1.67. The molecule has 1 aliphatic rings. The summed E-state index contributed by atoms with van der Waals surface area (Å²) in [6, 6.07) is 12.1. The average molecular weight is 461 g/mol. The van der Waals surface area contributed by atoms with E-state index in [4.69, 9.17) is 9.47 Å². The van der Waals surface area contributed by atoms with E-state index in [9.17, 15) is 13.2 Å². The molecule has 3 rings (SSSR count). The molecule has 1 atom stereocenters. The normalized spacial score (nSPS) is 13.6. The van der Waals surface area contributed by atoms with E-state index in [2.05, 4.69) is 19.2 Å². The summed E-state index contributed by atoms with van der Waals surface area (Å²) in [6.07, 6.45) is 5.65. The Kier molecular flexibility index (Phi) is 8.01. The molecule has 8 heteroatoms. The van der Waals surface area contributed by atoms with Crippen molar-refractivity contribution in [2.75, 3.05) is 23.9 Å². The van der Waals surface area contributed by atoms with Gasteiger partial charge in [0.2, 0.25) is 16.8 Å². The van der Waals surface area contributed by atoms with Crippen LogP contribution in [0.15, 0.2) is 42.5 Å². The molecular weight excluding hydrogens is 428 g/mol. The van der Waals surface area contributed by atoms with E-state index in [0.29, 0.717) is 35.2 Å². The van der Waals surface area contributed by atoms with E-state index in [0.717, 1.165) is 24.8 Å². The third-order valence-electron chi connectivity index (χ3n) is 5.68. The van der Waals surface area contributed by atoms with Gasteiger partial charge in [-0.25, -0.2) is 8.42 Å². The number of fused-ring (bicyclic) bond motifs is 1. The van der Waals surface area contributed by atoms with Crippen molar-refractivity contribution in [3.63, 3.8) is 0 Å². The lowest BCUT2D eigenvalue weighted by Gasteiger charge is -2.23. The summed E-state index contributed by atoms with van der Waals surface area (Å²) in [6.45, 7) is 5.26. The second-order valence-electron chi connectivity index (χ2n) is 8.13. The van der Waals surface area contributed by atoms with Crippen molar-refractivity contribution < 1.29 is 22.7 Å². The maximum Gasteiger partial charge on any atom is 0.251 e. The first-order chi connectivity index (χ1) is 15.3. The molecule has 0 aromatic heterocycles. The molecule has 0 radical (unpaired) electrons. The quantitative estimate of drug-likeness (QED) is 0.540. The number of carbonyl (C=O) groups excluding carboxylic acids is 1. The molecule has 7 nitrogen and oxygen atoms in total. The van der Waals surface area contributed by atoms with Gasteiger partial charge in [0.15, 0.2) is 11.5 Å². The number of ether oxygens (including phenoxy) is 2. The predicted octanol–water partition coefficient (Wildman–Crippen LogP) is 4.33. The molecule has 0 saturated carbocycles. The number of carbonyl (C=O) groups is 1. The van der Waals surface area contributed by atoms with Crippen LogP contribution in [0.5, 0.6) is 11.5 Å². The fourth-order valence-corrected chi connectivity index (χ4v) is 4.53. The summed E-state index contributed by atoms with van der Waals surface area (Å²) in [5, 5.41) is 3.02. The van der Waals surface area contributed by atoms with Crippen molar-refractivity contribution in [2.24, 2.45) is 5.92 Å². The van der Waals surface area contributed by atoms with Crippen molar-refractivity contribution in [1.29, 1.82) is 0 Å². The van der Waals surface area contributed by atoms with E-state index in [1.165, 1.54) is 17.0 Å². The molecule has 0 spiro atoms. The number of amides is 1. The Morgan fingerprint density at radius 1 is 1.09 bits per heavy atom. The summed E-state index contributed by atoms with van der Waals surface area (Å²) >= 11 is 0. The third-order valence-corrected chi connectivity index (χ3v) is 6.82. The van der Waals surface area contributed by atoms with Gasteiger partial charge in [0.25, 0.3) is 5.91 Å². The van der Waals surface area contributed by atoms with Gasteiger partial charge in [-0.15, -0.1) is 0 Å². The smallest absolute Gasteiger partial charge is 0.251 e. The second kappa shape index (κ2) is 10.7. The van der Waals surface area contributed by atoms with Gasteiger partial charge in [-0.3, -0.25) is 9.10 Å². The number of nitrogens with one attached hydrogen (secondary N) is 1. The van der Waals surface area contributed by atoms with E-state index < -0.39 is 10.0 Å². The van der Waals surface area contributed by atoms with Crippen LogP contribution < -0.4 is 19.1 Å². The molecule has 0 fully saturated rings. The molecule has 2 aromatic carbocycles. The van der Waals surface area contributed by atoms with Crippen LogP contribution in [0.2, 0.25) is 0 Å². The Bertz CT molecular complexity index is 1020. The fourth-order valence-electron chi connectivity index (χ4n) is 3.65. The maximum absolute atomic E-state index is 12.5. The van der Waals surface area contributed by atoms with Crippen LogP contribution in [-0.2, 0) is 16.6 Å². The molecular formula is C24H32N2O5S. The van der Waals surface area contributed by atoms with E-state index >= 15 is 0 Å². The molecule has 32 heavy (non-hydrogen) atoms. The molecule has 1 heterocycles. The third kappa shape index (κ3) is 6.16. The summed E-state index contributed by atoms with van der Waals surface area (Å²) < 4.78 is 36.9. The zero-order valence-corrected chi connectivity index (χ0v) is 19.8. The Hall–Kier alpha value is -2.74. The van der Waals surface area contributed by atoms with Crippen LogP contribution in [0.4, 0.5) is 5.69 Å². The van der Waals surface area contributed by atoms with Crippen LogP contribution in [-0.4, -0.2) is 33.9 Å². The lowest BCUT2D eigenvalue weighted by Crippen LogP contribution is -2.30. The number of anilines is 1. The first-order valence-electron chi connectivity index (χ1n) is 11.1. The lowest BCUT2D eigenvalue weighted by atomic mass is 9.99. The number of sulfonamides is 1. The van der Waals surface area contributed by atoms with Gasteiger partial charge in [-0.2, -0.15) is 0 Å². The van der Waals surface area contributed by atoms with Crippen LogP contribution in [0, 0.1) is 5.92 Å². The molecule has 1 aliphatic heterocycles. The zero-order chi connectivity index (χ0) is 23.1. The molecule has 2 aromatic rings. The summed E-state index contributed by atoms with van der Waals surface area (Å²) in [5.74, 6) is 1.50. The molecule has 0 saturated heterocycles. The maximum atomic E-state index is 12.5. The number of nitrogens with zero attached hydrogens (tertiary/aromatic N) is 1. The Morgan fingerprint density at radius 3 is 2.47 bits per heavy atom. The van der Waals surface area contributed by atoms with E-state index in [1.807, 2.05) is 0 Å². The second-order valence-corrected chi connectivity index (χ2v) is 10.0. The van der Waals surface area contributed by atoms with Crippen LogP contribution >= 0.6 is 0 Å². The average Bonchev–Trinajstić information content (AvgIpc) is 3.25. The van der Waals surface area contributed by atoms with Gasteiger partial charge < -0.3 is 14.8 Å². The van der Waals surface area contributed by atoms with Crippen molar-refractivity contribution in [3.8, 4) is 11.5 Å². The summed E-state index contributed by atoms with van der Waals surface area (Å²) in [7, 11) is -3.53. The lowest BCUT2D eigenvalue weighted by molar-refractivity contribution is 0.0945. The topological polar surface area (TPSA) is 84.9 Å².